The molecule has 0 spiro atoms. The summed E-state index contributed by atoms with van der Waals surface area (Å²) < 4.78 is 7.82. The molecule has 0 radical (unpaired) electrons. The number of fused-ring (bicyclic) bond motifs is 1. The van der Waals surface area contributed by atoms with E-state index in [2.05, 4.69) is 41.0 Å². The Kier molecular flexibility index (Phi) is 3.57. The van der Waals surface area contributed by atoms with Crippen LogP contribution in [-0.2, 0) is 11.3 Å². The molecule has 0 aromatic carbocycles. The zero-order valence-corrected chi connectivity index (χ0v) is 13.1. The molecule has 1 saturated carbocycles. The second-order valence-corrected chi connectivity index (χ2v) is 5.95. The van der Waals surface area contributed by atoms with Crippen molar-refractivity contribution in [2.75, 3.05) is 12.4 Å². The number of nitrogens with one attached hydrogen (secondary N) is 1. The van der Waals surface area contributed by atoms with E-state index < -0.39 is 0 Å². The number of rotatable bonds is 6. The average Bonchev–Trinajstić information content (AvgIpc) is 3.27. The second kappa shape index (κ2) is 5.26. The summed E-state index contributed by atoms with van der Waals surface area (Å²) in [6, 6.07) is 0.153. The van der Waals surface area contributed by atoms with Crippen molar-refractivity contribution >= 4 is 17.0 Å². The van der Waals surface area contributed by atoms with Gasteiger partial charge in [0.25, 0.3) is 0 Å². The Morgan fingerprint density at radius 1 is 1.43 bits per heavy atom. The first kappa shape index (κ1) is 14.3. The van der Waals surface area contributed by atoms with Crippen molar-refractivity contribution in [1.82, 2.24) is 19.5 Å². The molecule has 0 bridgehead atoms. The van der Waals surface area contributed by atoms with Crippen LogP contribution in [0.4, 0.5) is 5.82 Å². The summed E-state index contributed by atoms with van der Waals surface area (Å²) in [5.74, 6) is 1.40. The van der Waals surface area contributed by atoms with E-state index in [0.717, 1.165) is 23.5 Å². The second-order valence-electron chi connectivity index (χ2n) is 5.95. The quantitative estimate of drug-likeness (QED) is 0.885. The van der Waals surface area contributed by atoms with E-state index in [4.69, 9.17) is 4.74 Å². The topological polar surface area (TPSA) is 64.9 Å². The highest BCUT2D eigenvalue weighted by atomic mass is 16.5. The van der Waals surface area contributed by atoms with Crippen LogP contribution in [0.15, 0.2) is 12.7 Å². The van der Waals surface area contributed by atoms with Gasteiger partial charge in [0.2, 0.25) is 0 Å². The van der Waals surface area contributed by atoms with E-state index >= 15 is 0 Å². The van der Waals surface area contributed by atoms with Crippen molar-refractivity contribution in [3.05, 3.63) is 12.7 Å². The van der Waals surface area contributed by atoms with Gasteiger partial charge in [0.1, 0.15) is 11.8 Å². The summed E-state index contributed by atoms with van der Waals surface area (Å²) in [6.07, 6.45) is 5.87. The molecule has 0 unspecified atom stereocenters. The molecule has 2 heterocycles. The van der Waals surface area contributed by atoms with Crippen molar-refractivity contribution < 1.29 is 4.74 Å². The summed E-state index contributed by atoms with van der Waals surface area (Å²) >= 11 is 0. The molecule has 21 heavy (non-hydrogen) atoms. The summed E-state index contributed by atoms with van der Waals surface area (Å²) in [4.78, 5) is 13.1. The Hall–Kier alpha value is -1.69. The number of methoxy groups -OCH3 is 1. The lowest BCUT2D eigenvalue weighted by Crippen LogP contribution is -2.46. The number of imidazole rings is 1. The number of nitrogens with zero attached hydrogens (tertiary/aromatic N) is 4. The fraction of sp³-hybridized carbons (Fsp3) is 0.667. The van der Waals surface area contributed by atoms with Crippen molar-refractivity contribution in [2.24, 2.45) is 5.92 Å². The highest BCUT2D eigenvalue weighted by Gasteiger charge is 2.46. The Morgan fingerprint density at radius 2 is 2.19 bits per heavy atom. The van der Waals surface area contributed by atoms with Crippen LogP contribution < -0.4 is 5.32 Å². The van der Waals surface area contributed by atoms with Crippen molar-refractivity contribution in [2.45, 2.75) is 51.8 Å². The summed E-state index contributed by atoms with van der Waals surface area (Å²) in [5, 5.41) is 3.48. The van der Waals surface area contributed by atoms with Gasteiger partial charge in [0.05, 0.1) is 18.0 Å². The molecule has 6 heteroatoms. The van der Waals surface area contributed by atoms with Gasteiger partial charge in [-0.2, -0.15) is 0 Å². The molecule has 2 aromatic heterocycles. The molecule has 1 aliphatic rings. The van der Waals surface area contributed by atoms with E-state index in [9.17, 15) is 0 Å². The Labute approximate surface area is 124 Å². The van der Waals surface area contributed by atoms with Gasteiger partial charge in [-0.1, -0.05) is 0 Å². The molecule has 2 aromatic rings. The SMILES string of the molecule is CCn1cnc2c(N[C@H](C)[C@](C)(OC)C3CC3)ncnc21. The van der Waals surface area contributed by atoms with Gasteiger partial charge in [-0.25, -0.2) is 15.0 Å². The van der Waals surface area contributed by atoms with E-state index in [1.165, 1.54) is 12.8 Å². The maximum absolute atomic E-state index is 5.80. The van der Waals surface area contributed by atoms with Crippen molar-refractivity contribution in [1.29, 1.82) is 0 Å². The lowest BCUT2D eigenvalue weighted by atomic mass is 9.91. The van der Waals surface area contributed by atoms with Gasteiger partial charge in [-0.15, -0.1) is 0 Å². The monoisotopic (exact) mass is 289 g/mol. The molecule has 0 aliphatic heterocycles. The number of aryl methyl sites for hydroxylation is 1. The predicted octanol–water partition coefficient (Wildman–Crippen LogP) is 2.46. The number of hydrogen-bond acceptors (Lipinski definition) is 5. The van der Waals surface area contributed by atoms with Crippen LogP contribution in [0, 0.1) is 5.92 Å². The van der Waals surface area contributed by atoms with Crippen LogP contribution in [-0.4, -0.2) is 38.3 Å². The molecule has 0 amide bonds. The fourth-order valence-corrected chi connectivity index (χ4v) is 2.92. The summed E-state index contributed by atoms with van der Waals surface area (Å²) in [5.41, 5.74) is 1.51. The van der Waals surface area contributed by atoms with Crippen molar-refractivity contribution in [3.63, 3.8) is 0 Å². The largest absolute Gasteiger partial charge is 0.376 e. The lowest BCUT2D eigenvalue weighted by Gasteiger charge is -2.35. The number of hydrogen-bond donors (Lipinski definition) is 1. The van der Waals surface area contributed by atoms with Gasteiger partial charge in [0, 0.05) is 13.7 Å². The molecular formula is C15H23N5O. The number of aromatic nitrogens is 4. The first-order chi connectivity index (χ1) is 10.1. The predicted molar refractivity (Wildman–Crippen MR) is 82.2 cm³/mol. The molecule has 3 rings (SSSR count). The van der Waals surface area contributed by atoms with E-state index in [-0.39, 0.29) is 11.6 Å². The minimum Gasteiger partial charge on any atom is -0.376 e. The summed E-state index contributed by atoms with van der Waals surface area (Å²) in [6.45, 7) is 7.24. The fourth-order valence-electron chi connectivity index (χ4n) is 2.92. The van der Waals surface area contributed by atoms with Gasteiger partial charge < -0.3 is 14.6 Å². The number of anilines is 1. The average molecular weight is 289 g/mol. The first-order valence-electron chi connectivity index (χ1n) is 7.57. The maximum Gasteiger partial charge on any atom is 0.165 e. The third-order valence-electron chi connectivity index (χ3n) is 4.78. The van der Waals surface area contributed by atoms with Crippen LogP contribution >= 0.6 is 0 Å². The van der Waals surface area contributed by atoms with Gasteiger partial charge in [-0.05, 0) is 39.5 Å². The molecule has 114 valence electrons. The van der Waals surface area contributed by atoms with Crippen LogP contribution in [0.25, 0.3) is 11.2 Å². The van der Waals surface area contributed by atoms with E-state index in [1.54, 1.807) is 13.4 Å². The van der Waals surface area contributed by atoms with Crippen LogP contribution in [0.1, 0.15) is 33.6 Å². The Bertz CT molecular complexity index is 636. The van der Waals surface area contributed by atoms with Gasteiger partial charge in [-0.3, -0.25) is 0 Å². The van der Waals surface area contributed by atoms with Crippen molar-refractivity contribution in [3.8, 4) is 0 Å². The summed E-state index contributed by atoms with van der Waals surface area (Å²) in [7, 11) is 1.79. The highest BCUT2D eigenvalue weighted by Crippen LogP contribution is 2.44. The molecule has 1 fully saturated rings. The maximum atomic E-state index is 5.80. The third-order valence-corrected chi connectivity index (χ3v) is 4.78. The van der Waals surface area contributed by atoms with Crippen LogP contribution in [0.2, 0.25) is 0 Å². The zero-order chi connectivity index (χ0) is 15.0. The molecule has 6 nitrogen and oxygen atoms in total. The normalized spacial score (nSPS) is 19.4. The van der Waals surface area contributed by atoms with Crippen LogP contribution in [0.3, 0.4) is 0 Å². The first-order valence-corrected chi connectivity index (χ1v) is 7.57. The minimum atomic E-state index is -0.176. The Morgan fingerprint density at radius 3 is 2.81 bits per heavy atom. The molecule has 2 atom stereocenters. The molecule has 0 saturated heterocycles. The third kappa shape index (κ3) is 2.37. The smallest absolute Gasteiger partial charge is 0.165 e. The minimum absolute atomic E-state index is 0.153. The van der Waals surface area contributed by atoms with Gasteiger partial charge in [0.15, 0.2) is 11.5 Å². The van der Waals surface area contributed by atoms with E-state index in [1.807, 2.05) is 10.9 Å². The zero-order valence-electron chi connectivity index (χ0n) is 13.1. The standard InChI is InChI=1S/C15H23N5O/c1-5-20-9-18-12-13(16-8-17-14(12)20)19-10(2)15(3,21-4)11-6-7-11/h8-11H,5-7H2,1-4H3,(H,16,17,19)/t10-,15+/m1/s1. The van der Waals surface area contributed by atoms with Gasteiger partial charge >= 0.3 is 0 Å². The lowest BCUT2D eigenvalue weighted by molar-refractivity contribution is -0.0246. The molecule has 1 aliphatic carbocycles. The van der Waals surface area contributed by atoms with Crippen LogP contribution in [0.5, 0.6) is 0 Å². The Balaban J connectivity index is 1.89. The highest BCUT2D eigenvalue weighted by molar-refractivity contribution is 5.82. The number of ether oxygens (including phenoxy) is 1. The molecular weight excluding hydrogens is 266 g/mol. The molecule has 1 N–H and O–H groups in total. The van der Waals surface area contributed by atoms with E-state index in [0.29, 0.717) is 5.92 Å².